The minimum absolute atomic E-state index is 0.0486. The van der Waals surface area contributed by atoms with Crippen molar-refractivity contribution in [3.63, 3.8) is 0 Å². The van der Waals surface area contributed by atoms with Gasteiger partial charge < -0.3 is 29.7 Å². The highest BCUT2D eigenvalue weighted by molar-refractivity contribution is 5.97. The normalized spacial score (nSPS) is 17.2. The standard InChI is InChI=1S/C22H22F2N8O4/c1-31(13-9-34-10-13)22(33)14-2-3-17(29-21(14)36-11-16(23)24)27-15-6-18(28-19-4-5-35-19)30-32-12(7-25)8-26-20(15)32/h2-3,6,8,13,16,19H,4-5,9-11H2,1H3,(H,27,29)(H,28,30). The number of nitriles is 1. The van der Waals surface area contributed by atoms with Gasteiger partial charge in [0.05, 0.1) is 37.7 Å². The van der Waals surface area contributed by atoms with Crippen LogP contribution < -0.4 is 15.4 Å². The van der Waals surface area contributed by atoms with E-state index >= 15 is 0 Å². The molecule has 2 aliphatic rings. The summed E-state index contributed by atoms with van der Waals surface area (Å²) in [6.07, 6.45) is -0.766. The quantitative estimate of drug-likeness (QED) is 0.449. The molecule has 3 aromatic heterocycles. The maximum atomic E-state index is 13.0. The molecule has 12 nitrogen and oxygen atoms in total. The van der Waals surface area contributed by atoms with Gasteiger partial charge in [-0.3, -0.25) is 4.79 Å². The summed E-state index contributed by atoms with van der Waals surface area (Å²) >= 11 is 0. The fourth-order valence-corrected chi connectivity index (χ4v) is 3.59. The van der Waals surface area contributed by atoms with Crippen molar-refractivity contribution in [1.29, 1.82) is 5.26 Å². The highest BCUT2D eigenvalue weighted by atomic mass is 19.3. The van der Waals surface area contributed by atoms with Crippen LogP contribution in [-0.2, 0) is 9.47 Å². The molecule has 188 valence electrons. The van der Waals surface area contributed by atoms with Crippen LogP contribution in [0.4, 0.5) is 26.1 Å². The van der Waals surface area contributed by atoms with Crippen LogP contribution >= 0.6 is 0 Å². The van der Waals surface area contributed by atoms with E-state index in [2.05, 4.69) is 25.7 Å². The molecule has 3 aromatic rings. The zero-order valence-electron chi connectivity index (χ0n) is 19.1. The van der Waals surface area contributed by atoms with Crippen molar-refractivity contribution < 1.29 is 27.8 Å². The van der Waals surface area contributed by atoms with Crippen molar-refractivity contribution in [2.45, 2.75) is 25.1 Å². The number of ether oxygens (including phenoxy) is 3. The average molecular weight is 500 g/mol. The lowest BCUT2D eigenvalue weighted by Gasteiger charge is -2.34. The van der Waals surface area contributed by atoms with E-state index in [9.17, 15) is 18.8 Å². The predicted molar refractivity (Wildman–Crippen MR) is 121 cm³/mol. The van der Waals surface area contributed by atoms with Gasteiger partial charge in [-0.15, -0.1) is 5.10 Å². The van der Waals surface area contributed by atoms with E-state index in [0.29, 0.717) is 37.0 Å². The Bertz CT molecular complexity index is 1320. The van der Waals surface area contributed by atoms with Crippen molar-refractivity contribution in [1.82, 2.24) is 24.5 Å². The second kappa shape index (κ2) is 9.88. The minimum atomic E-state index is -2.75. The molecule has 1 amide bonds. The monoisotopic (exact) mass is 500 g/mol. The first-order chi connectivity index (χ1) is 17.4. The van der Waals surface area contributed by atoms with Crippen LogP contribution in [0.2, 0.25) is 0 Å². The number of fused-ring (bicyclic) bond motifs is 1. The van der Waals surface area contributed by atoms with E-state index in [1.54, 1.807) is 13.1 Å². The molecule has 1 atom stereocenters. The lowest BCUT2D eigenvalue weighted by molar-refractivity contribution is -0.0469. The number of pyridine rings is 1. The Morgan fingerprint density at radius 3 is 2.83 bits per heavy atom. The van der Waals surface area contributed by atoms with Gasteiger partial charge in [0, 0.05) is 19.5 Å². The number of aromatic nitrogens is 4. The number of carbonyl (C=O) groups excluding carboxylic acids is 1. The average Bonchev–Trinajstić information content (AvgIpc) is 3.22. The summed E-state index contributed by atoms with van der Waals surface area (Å²) in [5.41, 5.74) is 1.04. The number of imidazole rings is 1. The van der Waals surface area contributed by atoms with Gasteiger partial charge in [0.25, 0.3) is 12.3 Å². The summed E-state index contributed by atoms with van der Waals surface area (Å²) in [6, 6.07) is 6.57. The van der Waals surface area contributed by atoms with Crippen molar-refractivity contribution in [2.75, 3.05) is 44.1 Å². The predicted octanol–water partition coefficient (Wildman–Crippen LogP) is 2.01. The Labute approximate surface area is 203 Å². The van der Waals surface area contributed by atoms with Gasteiger partial charge in [-0.25, -0.2) is 13.8 Å². The number of hydrogen-bond acceptors (Lipinski definition) is 10. The number of alkyl halides is 2. The molecule has 5 heterocycles. The molecule has 2 N–H and O–H groups in total. The fraction of sp³-hybridized carbons (Fsp3) is 0.409. The van der Waals surface area contributed by atoms with Crippen molar-refractivity contribution in [3.8, 4) is 11.9 Å². The molecule has 0 aliphatic carbocycles. The van der Waals surface area contributed by atoms with Crippen LogP contribution in [0, 0.1) is 11.3 Å². The minimum Gasteiger partial charge on any atom is -0.471 e. The molecule has 0 bridgehead atoms. The van der Waals surface area contributed by atoms with Gasteiger partial charge in [-0.2, -0.15) is 14.8 Å². The Hall–Kier alpha value is -4.09. The molecular formula is C22H22F2N8O4. The van der Waals surface area contributed by atoms with Gasteiger partial charge in [-0.05, 0) is 12.1 Å². The van der Waals surface area contributed by atoms with E-state index in [1.165, 1.54) is 27.7 Å². The van der Waals surface area contributed by atoms with Crippen LogP contribution in [-0.4, -0.2) is 82.6 Å². The van der Waals surface area contributed by atoms with Gasteiger partial charge in [0.2, 0.25) is 5.88 Å². The summed E-state index contributed by atoms with van der Waals surface area (Å²) < 4.78 is 42.9. The number of rotatable bonds is 9. The molecule has 0 spiro atoms. The number of likely N-dealkylation sites (N-methyl/N-ethyl adjacent to an activating group) is 1. The molecule has 0 aromatic carbocycles. The number of halogens is 2. The number of anilines is 3. The lowest BCUT2D eigenvalue weighted by Crippen LogP contribution is -2.49. The summed E-state index contributed by atoms with van der Waals surface area (Å²) in [7, 11) is 1.61. The molecule has 5 rings (SSSR count). The van der Waals surface area contributed by atoms with Gasteiger partial charge in [-0.1, -0.05) is 0 Å². The summed E-state index contributed by atoms with van der Waals surface area (Å²) in [5, 5.41) is 20.0. The topological polar surface area (TPSA) is 139 Å². The second-order valence-corrected chi connectivity index (χ2v) is 8.21. The Morgan fingerprint density at radius 1 is 1.39 bits per heavy atom. The smallest absolute Gasteiger partial charge is 0.272 e. The molecule has 0 radical (unpaired) electrons. The molecule has 36 heavy (non-hydrogen) atoms. The van der Waals surface area contributed by atoms with E-state index in [-0.39, 0.29) is 35.2 Å². The first kappa shape index (κ1) is 23.6. The summed E-state index contributed by atoms with van der Waals surface area (Å²) in [4.78, 5) is 23.0. The Morgan fingerprint density at radius 2 is 2.19 bits per heavy atom. The van der Waals surface area contributed by atoms with E-state index < -0.39 is 18.9 Å². The maximum Gasteiger partial charge on any atom is 0.272 e. The maximum absolute atomic E-state index is 13.0. The fourth-order valence-electron chi connectivity index (χ4n) is 3.59. The molecular weight excluding hydrogens is 478 g/mol. The first-order valence-electron chi connectivity index (χ1n) is 11.1. The van der Waals surface area contributed by atoms with Crippen LogP contribution in [0.5, 0.6) is 5.88 Å². The molecule has 2 aliphatic heterocycles. The summed E-state index contributed by atoms with van der Waals surface area (Å²) in [5.74, 6) is -0.0121. The molecule has 2 fully saturated rings. The SMILES string of the molecule is CN(C(=O)c1ccc(Nc2cc(NC3CCO3)nn3c(C#N)cnc23)nc1OCC(F)F)C1COC1. The Kier molecular flexibility index (Phi) is 6.49. The third kappa shape index (κ3) is 4.70. The lowest BCUT2D eigenvalue weighted by atomic mass is 10.1. The molecule has 0 saturated carbocycles. The van der Waals surface area contributed by atoms with E-state index in [1.807, 2.05) is 6.07 Å². The van der Waals surface area contributed by atoms with E-state index in [4.69, 9.17) is 14.2 Å². The number of carbonyl (C=O) groups is 1. The van der Waals surface area contributed by atoms with Crippen LogP contribution in [0.3, 0.4) is 0 Å². The largest absolute Gasteiger partial charge is 0.471 e. The molecule has 2 saturated heterocycles. The number of amides is 1. The first-order valence-corrected chi connectivity index (χ1v) is 11.1. The third-order valence-corrected chi connectivity index (χ3v) is 5.78. The van der Waals surface area contributed by atoms with E-state index in [0.717, 1.165) is 6.42 Å². The number of nitrogens with one attached hydrogen (secondary N) is 2. The number of nitrogens with zero attached hydrogens (tertiary/aromatic N) is 6. The third-order valence-electron chi connectivity index (χ3n) is 5.78. The number of hydrogen-bond donors (Lipinski definition) is 2. The Balaban J connectivity index is 1.47. The molecule has 14 heteroatoms. The van der Waals surface area contributed by atoms with Crippen LogP contribution in [0.1, 0.15) is 22.5 Å². The van der Waals surface area contributed by atoms with Gasteiger partial charge in [0.1, 0.15) is 23.7 Å². The summed E-state index contributed by atoms with van der Waals surface area (Å²) in [6.45, 7) is 0.516. The zero-order valence-corrected chi connectivity index (χ0v) is 19.1. The van der Waals surface area contributed by atoms with Crippen molar-refractivity contribution >= 4 is 28.9 Å². The van der Waals surface area contributed by atoms with Crippen LogP contribution in [0.25, 0.3) is 5.65 Å². The molecule has 1 unspecified atom stereocenters. The van der Waals surface area contributed by atoms with Crippen molar-refractivity contribution in [2.24, 2.45) is 0 Å². The van der Waals surface area contributed by atoms with Crippen molar-refractivity contribution in [3.05, 3.63) is 35.7 Å². The van der Waals surface area contributed by atoms with Crippen LogP contribution in [0.15, 0.2) is 24.4 Å². The zero-order chi connectivity index (χ0) is 25.2. The van der Waals surface area contributed by atoms with Gasteiger partial charge >= 0.3 is 0 Å². The second-order valence-electron chi connectivity index (χ2n) is 8.21. The highest BCUT2D eigenvalue weighted by Gasteiger charge is 2.30. The highest BCUT2D eigenvalue weighted by Crippen LogP contribution is 2.28. The van der Waals surface area contributed by atoms with Gasteiger partial charge in [0.15, 0.2) is 23.8 Å².